The number of benzene rings is 1. The van der Waals surface area contributed by atoms with E-state index in [0.717, 1.165) is 17.5 Å². The highest BCUT2D eigenvalue weighted by Crippen LogP contribution is 2.24. The molecule has 0 amide bonds. The van der Waals surface area contributed by atoms with Gasteiger partial charge in [-0.3, -0.25) is 0 Å². The van der Waals surface area contributed by atoms with Crippen LogP contribution < -0.4 is 4.74 Å². The molecule has 1 aliphatic carbocycles. The van der Waals surface area contributed by atoms with Crippen molar-refractivity contribution in [3.63, 3.8) is 0 Å². The molecule has 1 fully saturated rings. The van der Waals surface area contributed by atoms with Gasteiger partial charge in [0.15, 0.2) is 0 Å². The van der Waals surface area contributed by atoms with E-state index in [1.54, 1.807) is 0 Å². The fourth-order valence-corrected chi connectivity index (χ4v) is 2.57. The molecule has 0 radical (unpaired) electrons. The fraction of sp³-hybridized carbons (Fsp3) is 0.467. The summed E-state index contributed by atoms with van der Waals surface area (Å²) in [4.78, 5) is 8.68. The number of fused-ring (bicyclic) bond motifs is 1. The zero-order valence-electron chi connectivity index (χ0n) is 10.5. The number of hydrogen-bond acceptors (Lipinski definition) is 3. The lowest BCUT2D eigenvalue weighted by molar-refractivity contribution is 0.197. The molecule has 0 N–H and O–H groups in total. The van der Waals surface area contributed by atoms with E-state index in [1.165, 1.54) is 32.1 Å². The minimum atomic E-state index is 0.513. The Morgan fingerprint density at radius 3 is 2.83 bits per heavy atom. The van der Waals surface area contributed by atoms with Gasteiger partial charge in [0.25, 0.3) is 0 Å². The van der Waals surface area contributed by atoms with Crippen LogP contribution in [0.4, 0.5) is 0 Å². The molecule has 1 aromatic heterocycles. The minimum absolute atomic E-state index is 0.513. The molecule has 0 aliphatic heterocycles. The standard InChI is InChI=1S/C15H18N2O/c1-2-6-12(7-3-1)11-18-15-16-10-13-8-4-5-9-14(13)17-15/h4-5,8-10,12H,1-3,6-7,11H2. The van der Waals surface area contributed by atoms with Crippen molar-refractivity contribution in [1.82, 2.24) is 9.97 Å². The fourth-order valence-electron chi connectivity index (χ4n) is 2.57. The number of hydrogen-bond donors (Lipinski definition) is 0. The van der Waals surface area contributed by atoms with E-state index in [1.807, 2.05) is 30.5 Å². The minimum Gasteiger partial charge on any atom is -0.463 e. The lowest BCUT2D eigenvalue weighted by Gasteiger charge is -2.20. The predicted octanol–water partition coefficient (Wildman–Crippen LogP) is 3.59. The Hall–Kier alpha value is -1.64. The van der Waals surface area contributed by atoms with Crippen LogP contribution in [0.15, 0.2) is 30.5 Å². The van der Waals surface area contributed by atoms with Gasteiger partial charge in [-0.15, -0.1) is 0 Å². The number of ether oxygens (including phenoxy) is 1. The third-order valence-corrected chi connectivity index (χ3v) is 3.64. The second kappa shape index (κ2) is 5.34. The molecule has 3 heteroatoms. The maximum atomic E-state index is 5.73. The zero-order chi connectivity index (χ0) is 12.2. The first-order chi connectivity index (χ1) is 8.92. The number of nitrogens with zero attached hydrogens (tertiary/aromatic N) is 2. The molecule has 0 bridgehead atoms. The van der Waals surface area contributed by atoms with Crippen LogP contribution in [0.2, 0.25) is 0 Å². The summed E-state index contributed by atoms with van der Waals surface area (Å²) in [5, 5.41) is 1.06. The Morgan fingerprint density at radius 1 is 1.11 bits per heavy atom. The highest BCUT2D eigenvalue weighted by atomic mass is 16.5. The van der Waals surface area contributed by atoms with E-state index in [4.69, 9.17) is 4.74 Å². The van der Waals surface area contributed by atoms with Gasteiger partial charge in [-0.05, 0) is 24.8 Å². The van der Waals surface area contributed by atoms with Crippen molar-refractivity contribution in [2.75, 3.05) is 6.61 Å². The van der Waals surface area contributed by atoms with Gasteiger partial charge in [-0.25, -0.2) is 4.98 Å². The second-order valence-corrected chi connectivity index (χ2v) is 5.03. The van der Waals surface area contributed by atoms with Crippen molar-refractivity contribution in [3.05, 3.63) is 30.5 Å². The molecule has 0 unspecified atom stereocenters. The van der Waals surface area contributed by atoms with Gasteiger partial charge >= 0.3 is 6.01 Å². The molecule has 0 saturated heterocycles. The first-order valence-electron chi connectivity index (χ1n) is 6.76. The molecule has 0 spiro atoms. The third kappa shape index (κ3) is 2.61. The van der Waals surface area contributed by atoms with Crippen LogP contribution in [-0.2, 0) is 0 Å². The highest BCUT2D eigenvalue weighted by Gasteiger charge is 2.14. The smallest absolute Gasteiger partial charge is 0.316 e. The third-order valence-electron chi connectivity index (χ3n) is 3.64. The van der Waals surface area contributed by atoms with Gasteiger partial charge in [0, 0.05) is 11.6 Å². The molecule has 3 rings (SSSR count). The van der Waals surface area contributed by atoms with Crippen molar-refractivity contribution in [1.29, 1.82) is 0 Å². The Balaban J connectivity index is 1.66. The Morgan fingerprint density at radius 2 is 1.94 bits per heavy atom. The van der Waals surface area contributed by atoms with E-state index in [-0.39, 0.29) is 0 Å². The lowest BCUT2D eigenvalue weighted by atomic mass is 9.90. The second-order valence-electron chi connectivity index (χ2n) is 5.03. The predicted molar refractivity (Wildman–Crippen MR) is 71.6 cm³/mol. The van der Waals surface area contributed by atoms with Crippen LogP contribution in [0, 0.1) is 5.92 Å². The van der Waals surface area contributed by atoms with E-state index >= 15 is 0 Å². The molecule has 94 valence electrons. The molecule has 1 heterocycles. The van der Waals surface area contributed by atoms with Crippen LogP contribution in [0.25, 0.3) is 10.9 Å². The zero-order valence-corrected chi connectivity index (χ0v) is 10.5. The molecular weight excluding hydrogens is 224 g/mol. The molecule has 1 saturated carbocycles. The van der Waals surface area contributed by atoms with Crippen molar-refractivity contribution in [2.24, 2.45) is 5.92 Å². The molecule has 0 atom stereocenters. The molecular formula is C15H18N2O. The van der Waals surface area contributed by atoms with Gasteiger partial charge in [0.1, 0.15) is 0 Å². The summed E-state index contributed by atoms with van der Waals surface area (Å²) in [6, 6.07) is 8.50. The van der Waals surface area contributed by atoms with E-state index in [2.05, 4.69) is 9.97 Å². The molecule has 3 nitrogen and oxygen atoms in total. The van der Waals surface area contributed by atoms with Crippen molar-refractivity contribution in [3.8, 4) is 6.01 Å². The summed E-state index contributed by atoms with van der Waals surface area (Å²) in [5.74, 6) is 0.689. The average molecular weight is 242 g/mol. The average Bonchev–Trinajstić information content (AvgIpc) is 2.46. The van der Waals surface area contributed by atoms with Gasteiger partial charge in [-0.1, -0.05) is 37.5 Å². The summed E-state index contributed by atoms with van der Waals surface area (Å²) < 4.78 is 5.73. The summed E-state index contributed by atoms with van der Waals surface area (Å²) in [5.41, 5.74) is 0.950. The first kappa shape index (κ1) is 11.5. The van der Waals surface area contributed by atoms with Gasteiger partial charge in [0.05, 0.1) is 12.1 Å². The van der Waals surface area contributed by atoms with Crippen LogP contribution in [0.3, 0.4) is 0 Å². The highest BCUT2D eigenvalue weighted by molar-refractivity contribution is 5.77. The lowest BCUT2D eigenvalue weighted by Crippen LogP contribution is -2.16. The van der Waals surface area contributed by atoms with Gasteiger partial charge in [-0.2, -0.15) is 4.98 Å². The largest absolute Gasteiger partial charge is 0.463 e. The van der Waals surface area contributed by atoms with Crippen LogP contribution in [0.5, 0.6) is 6.01 Å². The number of para-hydroxylation sites is 1. The van der Waals surface area contributed by atoms with Gasteiger partial charge < -0.3 is 4.74 Å². The van der Waals surface area contributed by atoms with Crippen LogP contribution >= 0.6 is 0 Å². The Bertz CT molecular complexity index is 521. The van der Waals surface area contributed by atoms with E-state index < -0.39 is 0 Å². The van der Waals surface area contributed by atoms with Crippen LogP contribution in [-0.4, -0.2) is 16.6 Å². The van der Waals surface area contributed by atoms with Crippen molar-refractivity contribution in [2.45, 2.75) is 32.1 Å². The summed E-state index contributed by atoms with van der Waals surface area (Å²) >= 11 is 0. The van der Waals surface area contributed by atoms with E-state index in [0.29, 0.717) is 11.9 Å². The molecule has 2 aromatic rings. The Kier molecular flexibility index (Phi) is 3.40. The number of rotatable bonds is 3. The summed E-state index contributed by atoms with van der Waals surface area (Å²) in [7, 11) is 0. The van der Waals surface area contributed by atoms with Crippen molar-refractivity contribution >= 4 is 10.9 Å². The maximum absolute atomic E-state index is 5.73. The topological polar surface area (TPSA) is 35.0 Å². The normalized spacial score (nSPS) is 16.9. The monoisotopic (exact) mass is 242 g/mol. The maximum Gasteiger partial charge on any atom is 0.316 e. The Labute approximate surface area is 107 Å². The number of aromatic nitrogens is 2. The first-order valence-corrected chi connectivity index (χ1v) is 6.76. The molecule has 1 aromatic carbocycles. The SMILES string of the molecule is c1ccc2nc(OCC3CCCCC3)ncc2c1. The summed E-state index contributed by atoms with van der Waals surface area (Å²) in [6.07, 6.45) is 8.46. The quantitative estimate of drug-likeness (QED) is 0.825. The molecule has 1 aliphatic rings. The molecule has 18 heavy (non-hydrogen) atoms. The van der Waals surface area contributed by atoms with Crippen LogP contribution in [0.1, 0.15) is 32.1 Å². The van der Waals surface area contributed by atoms with E-state index in [9.17, 15) is 0 Å². The van der Waals surface area contributed by atoms with Gasteiger partial charge in [0.2, 0.25) is 0 Å². The summed E-state index contributed by atoms with van der Waals surface area (Å²) in [6.45, 7) is 0.762. The van der Waals surface area contributed by atoms with Crippen molar-refractivity contribution < 1.29 is 4.74 Å².